The van der Waals surface area contributed by atoms with E-state index in [0.717, 1.165) is 29.0 Å². The predicted octanol–water partition coefficient (Wildman–Crippen LogP) is 4.17. The van der Waals surface area contributed by atoms with E-state index < -0.39 is 0 Å². The summed E-state index contributed by atoms with van der Waals surface area (Å²) >= 11 is 5.11. The van der Waals surface area contributed by atoms with Crippen LogP contribution in [-0.2, 0) is 10.5 Å². The molecule has 1 amide bonds. The van der Waals surface area contributed by atoms with Crippen molar-refractivity contribution in [2.75, 3.05) is 36.8 Å². The van der Waals surface area contributed by atoms with Crippen LogP contribution in [0.3, 0.4) is 0 Å². The third-order valence-corrected chi connectivity index (χ3v) is 5.69. The second kappa shape index (κ2) is 8.72. The zero-order valence-electron chi connectivity index (χ0n) is 13.8. The van der Waals surface area contributed by atoms with Gasteiger partial charge in [0.15, 0.2) is 0 Å². The maximum Gasteiger partial charge on any atom is 0.232 e. The number of carbonyl (C=O) groups is 1. The Hall–Kier alpha value is -1.53. The molecule has 6 heteroatoms. The quantitative estimate of drug-likeness (QED) is 0.722. The minimum atomic E-state index is -0.222. The molecule has 1 aliphatic rings. The van der Waals surface area contributed by atoms with Gasteiger partial charge >= 0.3 is 0 Å². The van der Waals surface area contributed by atoms with Crippen LogP contribution in [0.15, 0.2) is 53.0 Å². The average molecular weight is 423 g/mol. The molecule has 0 aromatic heterocycles. The molecular weight excluding hydrogens is 403 g/mol. The van der Waals surface area contributed by atoms with Crippen molar-refractivity contribution < 1.29 is 9.18 Å². The number of carbonyl (C=O) groups excluding carboxylic acids is 1. The van der Waals surface area contributed by atoms with Gasteiger partial charge in [0, 0.05) is 42.1 Å². The first kappa shape index (κ1) is 18.3. The molecule has 0 spiro atoms. The third-order valence-electron chi connectivity index (χ3n) is 4.21. The van der Waals surface area contributed by atoms with Crippen molar-refractivity contribution in [2.24, 2.45) is 0 Å². The second-order valence-corrected chi connectivity index (χ2v) is 7.87. The summed E-state index contributed by atoms with van der Waals surface area (Å²) in [5, 5.41) is 0. The summed E-state index contributed by atoms with van der Waals surface area (Å²) in [4.78, 5) is 16.5. The van der Waals surface area contributed by atoms with Gasteiger partial charge in [-0.1, -0.05) is 28.1 Å². The van der Waals surface area contributed by atoms with Crippen molar-refractivity contribution in [1.82, 2.24) is 4.90 Å². The summed E-state index contributed by atoms with van der Waals surface area (Å²) in [6.07, 6.45) is 0. The highest BCUT2D eigenvalue weighted by atomic mass is 79.9. The summed E-state index contributed by atoms with van der Waals surface area (Å²) in [6, 6.07) is 14.7. The fourth-order valence-corrected chi connectivity index (χ4v) is 4.16. The highest BCUT2D eigenvalue weighted by Gasteiger charge is 2.21. The molecule has 3 nitrogen and oxygen atoms in total. The Labute approximate surface area is 160 Å². The first-order valence-corrected chi connectivity index (χ1v) is 10.2. The van der Waals surface area contributed by atoms with E-state index in [1.807, 2.05) is 17.0 Å². The predicted molar refractivity (Wildman–Crippen MR) is 105 cm³/mol. The molecule has 25 heavy (non-hydrogen) atoms. The van der Waals surface area contributed by atoms with Gasteiger partial charge in [-0.25, -0.2) is 4.39 Å². The molecule has 1 aliphatic heterocycles. The van der Waals surface area contributed by atoms with Gasteiger partial charge in [-0.05, 0) is 42.0 Å². The van der Waals surface area contributed by atoms with Crippen LogP contribution in [0.2, 0.25) is 0 Å². The van der Waals surface area contributed by atoms with Gasteiger partial charge in [0.05, 0.1) is 5.75 Å². The van der Waals surface area contributed by atoms with E-state index >= 15 is 0 Å². The molecule has 1 fully saturated rings. The number of hydrogen-bond acceptors (Lipinski definition) is 3. The normalized spacial score (nSPS) is 14.6. The maximum absolute atomic E-state index is 13.0. The van der Waals surface area contributed by atoms with Crippen molar-refractivity contribution >= 4 is 39.3 Å². The Morgan fingerprint density at radius 2 is 1.80 bits per heavy atom. The maximum atomic E-state index is 13.0. The Bertz CT molecular complexity index is 718. The molecule has 3 rings (SSSR count). The number of amides is 1. The van der Waals surface area contributed by atoms with Gasteiger partial charge < -0.3 is 9.80 Å². The van der Waals surface area contributed by atoms with E-state index in [4.69, 9.17) is 0 Å². The van der Waals surface area contributed by atoms with Gasteiger partial charge in [0.2, 0.25) is 5.91 Å². The van der Waals surface area contributed by atoms with Crippen molar-refractivity contribution in [3.8, 4) is 0 Å². The number of benzene rings is 2. The van der Waals surface area contributed by atoms with Crippen molar-refractivity contribution in [2.45, 2.75) is 5.75 Å². The van der Waals surface area contributed by atoms with Gasteiger partial charge in [-0.3, -0.25) is 4.79 Å². The number of rotatable bonds is 5. The lowest BCUT2D eigenvalue weighted by Gasteiger charge is -2.36. The topological polar surface area (TPSA) is 23.6 Å². The Kier molecular flexibility index (Phi) is 6.37. The van der Waals surface area contributed by atoms with Gasteiger partial charge in [0.25, 0.3) is 0 Å². The molecule has 0 bridgehead atoms. The average Bonchev–Trinajstić information content (AvgIpc) is 2.62. The number of halogens is 2. The smallest absolute Gasteiger partial charge is 0.232 e. The molecule has 0 unspecified atom stereocenters. The van der Waals surface area contributed by atoms with Crippen LogP contribution in [0.5, 0.6) is 0 Å². The van der Waals surface area contributed by atoms with E-state index in [-0.39, 0.29) is 11.7 Å². The molecule has 0 radical (unpaired) electrons. The molecule has 1 heterocycles. The molecule has 1 saturated heterocycles. The minimum Gasteiger partial charge on any atom is -0.368 e. The number of thioether (sulfide) groups is 1. The Morgan fingerprint density at radius 3 is 2.48 bits per heavy atom. The summed E-state index contributed by atoms with van der Waals surface area (Å²) in [5.74, 6) is 1.31. The minimum absolute atomic E-state index is 0.193. The molecule has 132 valence electrons. The standard InChI is InChI=1S/C19H20BrFN2OS/c20-16-3-1-2-15(12-16)13-25-14-19(24)23-10-8-22(9-11-23)18-6-4-17(21)5-7-18/h1-7,12H,8-11,13-14H2. The lowest BCUT2D eigenvalue weighted by atomic mass is 10.2. The Balaban J connectivity index is 1.43. The van der Waals surface area contributed by atoms with Gasteiger partial charge in [-0.2, -0.15) is 0 Å². The van der Waals surface area contributed by atoms with Crippen molar-refractivity contribution in [3.05, 3.63) is 64.4 Å². The lowest BCUT2D eigenvalue weighted by molar-refractivity contribution is -0.128. The van der Waals surface area contributed by atoms with Crippen LogP contribution in [0.25, 0.3) is 0 Å². The number of anilines is 1. The van der Waals surface area contributed by atoms with E-state index in [0.29, 0.717) is 18.8 Å². The number of hydrogen-bond donors (Lipinski definition) is 0. The van der Waals surface area contributed by atoms with E-state index in [1.165, 1.54) is 17.7 Å². The summed E-state index contributed by atoms with van der Waals surface area (Å²) in [5.41, 5.74) is 2.23. The SMILES string of the molecule is O=C(CSCc1cccc(Br)c1)N1CCN(c2ccc(F)cc2)CC1. The van der Waals surface area contributed by atoms with Crippen LogP contribution in [-0.4, -0.2) is 42.7 Å². The highest BCUT2D eigenvalue weighted by Crippen LogP contribution is 2.19. The molecule has 2 aromatic carbocycles. The van der Waals surface area contributed by atoms with E-state index in [9.17, 15) is 9.18 Å². The monoisotopic (exact) mass is 422 g/mol. The van der Waals surface area contributed by atoms with Crippen molar-refractivity contribution in [1.29, 1.82) is 0 Å². The molecule has 0 aliphatic carbocycles. The van der Waals surface area contributed by atoms with Gasteiger partial charge in [-0.15, -0.1) is 11.8 Å². The van der Waals surface area contributed by atoms with Crippen LogP contribution >= 0.6 is 27.7 Å². The molecule has 2 aromatic rings. The van der Waals surface area contributed by atoms with E-state index in [2.05, 4.69) is 33.0 Å². The van der Waals surface area contributed by atoms with Crippen LogP contribution in [0.1, 0.15) is 5.56 Å². The summed E-state index contributed by atoms with van der Waals surface area (Å²) in [7, 11) is 0. The number of nitrogens with zero attached hydrogens (tertiary/aromatic N) is 2. The van der Waals surface area contributed by atoms with Crippen LogP contribution in [0.4, 0.5) is 10.1 Å². The lowest BCUT2D eigenvalue weighted by Crippen LogP contribution is -2.49. The fourth-order valence-electron chi connectivity index (χ4n) is 2.84. The van der Waals surface area contributed by atoms with Crippen molar-refractivity contribution in [3.63, 3.8) is 0 Å². The van der Waals surface area contributed by atoms with Gasteiger partial charge in [0.1, 0.15) is 5.82 Å². The third kappa shape index (κ3) is 5.22. The zero-order chi connectivity index (χ0) is 17.6. The van der Waals surface area contributed by atoms with E-state index in [1.54, 1.807) is 23.9 Å². The molecule has 0 N–H and O–H groups in total. The largest absolute Gasteiger partial charge is 0.368 e. The fraction of sp³-hybridized carbons (Fsp3) is 0.316. The molecular formula is C19H20BrFN2OS. The van der Waals surface area contributed by atoms with Crippen LogP contribution in [0, 0.1) is 5.82 Å². The second-order valence-electron chi connectivity index (χ2n) is 5.97. The molecule has 0 atom stereocenters. The number of piperazine rings is 1. The summed E-state index contributed by atoms with van der Waals surface area (Å²) < 4.78 is 14.1. The Morgan fingerprint density at radius 1 is 1.08 bits per heavy atom. The first-order chi connectivity index (χ1) is 12.1. The highest BCUT2D eigenvalue weighted by molar-refractivity contribution is 9.10. The molecule has 0 saturated carbocycles. The first-order valence-electron chi connectivity index (χ1n) is 8.22. The summed E-state index contributed by atoms with van der Waals surface area (Å²) in [6.45, 7) is 3.00. The van der Waals surface area contributed by atoms with Crippen LogP contribution < -0.4 is 4.90 Å². The zero-order valence-corrected chi connectivity index (χ0v) is 16.2.